The summed E-state index contributed by atoms with van der Waals surface area (Å²) in [4.78, 5) is 0. The summed E-state index contributed by atoms with van der Waals surface area (Å²) in [5, 5.41) is 3.32. The van der Waals surface area contributed by atoms with Crippen LogP contribution in [0.3, 0.4) is 0 Å². The number of hydrogen-bond donors (Lipinski definition) is 1. The van der Waals surface area contributed by atoms with Gasteiger partial charge >= 0.3 is 0 Å². The predicted octanol–water partition coefficient (Wildman–Crippen LogP) is 3.86. The normalized spacial score (nSPS) is 12.2. The van der Waals surface area contributed by atoms with Gasteiger partial charge in [-0.05, 0) is 44.5 Å². The summed E-state index contributed by atoms with van der Waals surface area (Å²) in [6.07, 6.45) is 0.981. The molecule has 2 aromatic carbocycles. The van der Waals surface area contributed by atoms with Crippen molar-refractivity contribution in [3.05, 3.63) is 64.7 Å². The smallest absolute Gasteiger partial charge is 0.122 e. The Morgan fingerprint density at radius 2 is 1.81 bits per heavy atom. The summed E-state index contributed by atoms with van der Waals surface area (Å²) in [5.41, 5.74) is 5.25. The first-order chi connectivity index (χ1) is 10.1. The van der Waals surface area contributed by atoms with Crippen LogP contribution in [0.2, 0.25) is 0 Å². The highest BCUT2D eigenvalue weighted by Crippen LogP contribution is 2.27. The Kier molecular flexibility index (Phi) is 5.40. The fraction of sp³-hybridized carbons (Fsp3) is 0.368. The Bertz CT molecular complexity index is 592. The lowest BCUT2D eigenvalue weighted by atomic mass is 9.90. The predicted molar refractivity (Wildman–Crippen MR) is 89.3 cm³/mol. The fourth-order valence-corrected chi connectivity index (χ4v) is 2.81. The van der Waals surface area contributed by atoms with Crippen LogP contribution in [0, 0.1) is 13.8 Å². The Labute approximate surface area is 128 Å². The first-order valence-electron chi connectivity index (χ1n) is 7.48. The molecule has 0 spiro atoms. The van der Waals surface area contributed by atoms with Crippen molar-refractivity contribution in [1.29, 1.82) is 0 Å². The van der Waals surface area contributed by atoms with Gasteiger partial charge in [0.1, 0.15) is 5.75 Å². The summed E-state index contributed by atoms with van der Waals surface area (Å²) < 4.78 is 5.52. The maximum atomic E-state index is 5.52. The highest BCUT2D eigenvalue weighted by molar-refractivity contribution is 5.39. The lowest BCUT2D eigenvalue weighted by Gasteiger charge is -2.19. The number of hydrogen-bond acceptors (Lipinski definition) is 2. The van der Waals surface area contributed by atoms with Crippen molar-refractivity contribution < 1.29 is 4.74 Å². The standard InChI is InChI=1S/C19H25NO/c1-14-6-5-7-16(10-14)18(13-20-3)12-17-11-15(2)8-9-19(17)21-4/h5-11,18,20H,12-13H2,1-4H3. The quantitative estimate of drug-likeness (QED) is 0.869. The van der Waals surface area contributed by atoms with Crippen LogP contribution < -0.4 is 10.1 Å². The van der Waals surface area contributed by atoms with Gasteiger partial charge in [0.2, 0.25) is 0 Å². The molecule has 2 heteroatoms. The van der Waals surface area contributed by atoms with E-state index in [1.807, 2.05) is 7.05 Å². The molecule has 112 valence electrons. The molecule has 1 N–H and O–H groups in total. The molecule has 0 aliphatic carbocycles. The zero-order valence-electron chi connectivity index (χ0n) is 13.4. The van der Waals surface area contributed by atoms with E-state index in [4.69, 9.17) is 4.74 Å². The second kappa shape index (κ2) is 7.28. The number of ether oxygens (including phenoxy) is 1. The van der Waals surface area contributed by atoms with Gasteiger partial charge in [0.15, 0.2) is 0 Å². The average Bonchev–Trinajstić information content (AvgIpc) is 2.47. The van der Waals surface area contributed by atoms with Crippen LogP contribution in [0.15, 0.2) is 42.5 Å². The average molecular weight is 283 g/mol. The molecular formula is C19H25NO. The van der Waals surface area contributed by atoms with Crippen LogP contribution in [-0.4, -0.2) is 20.7 Å². The van der Waals surface area contributed by atoms with E-state index in [9.17, 15) is 0 Å². The van der Waals surface area contributed by atoms with Crippen LogP contribution in [0.25, 0.3) is 0 Å². The second-order valence-electron chi connectivity index (χ2n) is 5.69. The number of aryl methyl sites for hydroxylation is 2. The molecule has 2 rings (SSSR count). The molecule has 0 aromatic heterocycles. The zero-order valence-corrected chi connectivity index (χ0v) is 13.4. The molecule has 0 bridgehead atoms. The van der Waals surface area contributed by atoms with Crippen molar-refractivity contribution in [3.8, 4) is 5.75 Å². The highest BCUT2D eigenvalue weighted by atomic mass is 16.5. The molecule has 0 radical (unpaired) electrons. The van der Waals surface area contributed by atoms with Crippen molar-refractivity contribution in [2.45, 2.75) is 26.2 Å². The summed E-state index contributed by atoms with van der Waals surface area (Å²) in [7, 11) is 3.75. The van der Waals surface area contributed by atoms with E-state index in [0.29, 0.717) is 5.92 Å². The van der Waals surface area contributed by atoms with E-state index < -0.39 is 0 Å². The van der Waals surface area contributed by atoms with Crippen molar-refractivity contribution in [3.63, 3.8) is 0 Å². The fourth-order valence-electron chi connectivity index (χ4n) is 2.81. The van der Waals surface area contributed by atoms with Crippen LogP contribution in [0.5, 0.6) is 5.75 Å². The molecule has 21 heavy (non-hydrogen) atoms. The maximum absolute atomic E-state index is 5.52. The van der Waals surface area contributed by atoms with E-state index in [1.54, 1.807) is 7.11 Å². The zero-order chi connectivity index (χ0) is 15.2. The summed E-state index contributed by atoms with van der Waals surface area (Å²) in [6, 6.07) is 15.2. The molecular weight excluding hydrogens is 258 g/mol. The summed E-state index contributed by atoms with van der Waals surface area (Å²) >= 11 is 0. The topological polar surface area (TPSA) is 21.3 Å². The SMILES string of the molecule is CNCC(Cc1cc(C)ccc1OC)c1cccc(C)c1. The largest absolute Gasteiger partial charge is 0.496 e. The number of nitrogens with one attached hydrogen (secondary N) is 1. The highest BCUT2D eigenvalue weighted by Gasteiger charge is 2.14. The molecule has 1 atom stereocenters. The minimum absolute atomic E-state index is 0.450. The van der Waals surface area contributed by atoms with Gasteiger partial charge in [0.05, 0.1) is 7.11 Å². The number of benzene rings is 2. The van der Waals surface area contributed by atoms with Gasteiger partial charge in [0.25, 0.3) is 0 Å². The Hall–Kier alpha value is -1.80. The number of methoxy groups -OCH3 is 1. The van der Waals surface area contributed by atoms with Gasteiger partial charge in [0, 0.05) is 12.5 Å². The lowest BCUT2D eigenvalue weighted by molar-refractivity contribution is 0.407. The molecule has 0 fully saturated rings. The molecule has 0 saturated carbocycles. The minimum atomic E-state index is 0.450. The minimum Gasteiger partial charge on any atom is -0.496 e. The third kappa shape index (κ3) is 4.08. The molecule has 2 nitrogen and oxygen atoms in total. The Morgan fingerprint density at radius 3 is 2.48 bits per heavy atom. The van der Waals surface area contributed by atoms with Gasteiger partial charge in [-0.1, -0.05) is 47.5 Å². The molecule has 0 aliphatic heterocycles. The van der Waals surface area contributed by atoms with Crippen LogP contribution in [-0.2, 0) is 6.42 Å². The third-order valence-electron chi connectivity index (χ3n) is 3.87. The van der Waals surface area contributed by atoms with E-state index >= 15 is 0 Å². The van der Waals surface area contributed by atoms with Crippen LogP contribution in [0.1, 0.15) is 28.2 Å². The van der Waals surface area contributed by atoms with Gasteiger partial charge in [-0.2, -0.15) is 0 Å². The van der Waals surface area contributed by atoms with Crippen molar-refractivity contribution in [2.75, 3.05) is 20.7 Å². The van der Waals surface area contributed by atoms with E-state index in [0.717, 1.165) is 18.7 Å². The summed E-state index contributed by atoms with van der Waals surface area (Å²) in [6.45, 7) is 5.23. The van der Waals surface area contributed by atoms with E-state index in [1.165, 1.54) is 22.3 Å². The van der Waals surface area contributed by atoms with Gasteiger partial charge in [-0.25, -0.2) is 0 Å². The van der Waals surface area contributed by atoms with Crippen molar-refractivity contribution in [1.82, 2.24) is 5.32 Å². The number of rotatable bonds is 6. The van der Waals surface area contributed by atoms with E-state index in [-0.39, 0.29) is 0 Å². The Morgan fingerprint density at radius 1 is 1.05 bits per heavy atom. The van der Waals surface area contributed by atoms with Gasteiger partial charge < -0.3 is 10.1 Å². The van der Waals surface area contributed by atoms with Crippen LogP contribution >= 0.6 is 0 Å². The van der Waals surface area contributed by atoms with Gasteiger partial charge in [-0.15, -0.1) is 0 Å². The maximum Gasteiger partial charge on any atom is 0.122 e. The molecule has 2 aromatic rings. The third-order valence-corrected chi connectivity index (χ3v) is 3.87. The van der Waals surface area contributed by atoms with Crippen LogP contribution in [0.4, 0.5) is 0 Å². The Balaban J connectivity index is 2.30. The summed E-state index contributed by atoms with van der Waals surface area (Å²) in [5.74, 6) is 1.43. The first kappa shape index (κ1) is 15.6. The van der Waals surface area contributed by atoms with E-state index in [2.05, 4.69) is 61.6 Å². The molecule has 0 amide bonds. The van der Waals surface area contributed by atoms with Gasteiger partial charge in [-0.3, -0.25) is 0 Å². The number of likely N-dealkylation sites (N-methyl/N-ethyl adjacent to an activating group) is 1. The molecule has 0 aliphatic rings. The molecule has 0 heterocycles. The molecule has 0 saturated heterocycles. The second-order valence-corrected chi connectivity index (χ2v) is 5.69. The van der Waals surface area contributed by atoms with Crippen molar-refractivity contribution in [2.24, 2.45) is 0 Å². The first-order valence-corrected chi connectivity index (χ1v) is 7.48. The monoisotopic (exact) mass is 283 g/mol. The molecule has 1 unspecified atom stereocenters. The van der Waals surface area contributed by atoms with Crippen molar-refractivity contribution >= 4 is 0 Å². The lowest BCUT2D eigenvalue weighted by Crippen LogP contribution is -2.19.